The number of carbonyl (C=O) groups is 1. The maximum atomic E-state index is 11.8. The Hall–Kier alpha value is -3.62. The Kier molecular flexibility index (Phi) is 5.78. The molecule has 3 heterocycles. The number of halogens is 1. The summed E-state index contributed by atoms with van der Waals surface area (Å²) in [6.07, 6.45) is 0.893. The summed E-state index contributed by atoms with van der Waals surface area (Å²) in [7, 11) is 1.75. The first-order valence-corrected chi connectivity index (χ1v) is 12.8. The number of fused-ring (bicyclic) bond motifs is 3. The number of carboxylic acid groups (broad SMARTS) is 1. The van der Waals surface area contributed by atoms with Crippen molar-refractivity contribution >= 4 is 40.2 Å². The normalized spacial score (nSPS) is 14.9. The predicted molar refractivity (Wildman–Crippen MR) is 140 cm³/mol. The minimum Gasteiger partial charge on any atom is -0.481 e. The number of tetrazole rings is 1. The zero-order valence-electron chi connectivity index (χ0n) is 19.4. The zero-order chi connectivity index (χ0) is 24.8. The number of rotatable bonds is 6. The van der Waals surface area contributed by atoms with Gasteiger partial charge in [0.05, 0.1) is 19.0 Å². The molecule has 7 nitrogen and oxygen atoms in total. The molecule has 1 unspecified atom stereocenters. The van der Waals surface area contributed by atoms with Gasteiger partial charge in [0.1, 0.15) is 0 Å². The molecule has 3 aromatic carbocycles. The number of aryl methyl sites for hydroxylation is 2. The maximum Gasteiger partial charge on any atom is 0.304 e. The number of carboxylic acids is 1. The number of aromatic nitrogens is 5. The molecule has 9 heteroatoms. The van der Waals surface area contributed by atoms with Gasteiger partial charge in [0.25, 0.3) is 0 Å². The summed E-state index contributed by atoms with van der Waals surface area (Å²) in [5.74, 6) is -0.292. The number of hydrogen-bond acceptors (Lipinski definition) is 5. The topological polar surface area (TPSA) is 85.8 Å². The van der Waals surface area contributed by atoms with E-state index in [1.165, 1.54) is 4.80 Å². The molecular weight excluding hydrogens is 494 g/mol. The number of aliphatic carboxylic acids is 1. The van der Waals surface area contributed by atoms with Crippen LogP contribution in [0.3, 0.4) is 0 Å². The lowest BCUT2D eigenvalue weighted by Gasteiger charge is -2.13. The second-order valence-corrected chi connectivity index (χ2v) is 10.4. The molecule has 6 rings (SSSR count). The molecule has 2 aromatic heterocycles. The van der Waals surface area contributed by atoms with E-state index in [-0.39, 0.29) is 12.3 Å². The van der Waals surface area contributed by atoms with Gasteiger partial charge in [0.2, 0.25) is 5.82 Å². The molecule has 0 fully saturated rings. The van der Waals surface area contributed by atoms with Gasteiger partial charge in [0, 0.05) is 43.9 Å². The molecule has 0 aliphatic carbocycles. The van der Waals surface area contributed by atoms with Gasteiger partial charge in [-0.15, -0.1) is 10.2 Å². The van der Waals surface area contributed by atoms with E-state index in [4.69, 9.17) is 11.6 Å². The van der Waals surface area contributed by atoms with Crippen molar-refractivity contribution in [1.82, 2.24) is 24.8 Å². The molecule has 0 bridgehead atoms. The van der Waals surface area contributed by atoms with E-state index in [9.17, 15) is 9.90 Å². The second-order valence-electron chi connectivity index (χ2n) is 8.89. The molecule has 36 heavy (non-hydrogen) atoms. The fraction of sp³-hybridized carbons (Fsp3) is 0.185. The molecule has 1 aliphatic heterocycles. The molecule has 1 atom stereocenters. The van der Waals surface area contributed by atoms with Crippen LogP contribution in [0.25, 0.3) is 33.4 Å². The molecule has 1 N–H and O–H groups in total. The van der Waals surface area contributed by atoms with Gasteiger partial charge < -0.3 is 9.67 Å². The third-order valence-electron chi connectivity index (χ3n) is 6.55. The highest BCUT2D eigenvalue weighted by atomic mass is 35.5. The SMILES string of the molecule is Cn1nnc(-c2cc(-c3ccccc3)c3c(Sc4ccc(Cl)cc4)c4n(c3c2)CCC4CC(=O)O)n1. The summed E-state index contributed by atoms with van der Waals surface area (Å²) >= 11 is 7.81. The van der Waals surface area contributed by atoms with Crippen molar-refractivity contribution in [3.05, 3.63) is 77.4 Å². The van der Waals surface area contributed by atoms with Crippen molar-refractivity contribution in [2.24, 2.45) is 7.05 Å². The van der Waals surface area contributed by atoms with E-state index in [0.717, 1.165) is 56.0 Å². The first-order valence-electron chi connectivity index (χ1n) is 11.6. The van der Waals surface area contributed by atoms with Crippen LogP contribution in [0.4, 0.5) is 0 Å². The van der Waals surface area contributed by atoms with Gasteiger partial charge in [-0.05, 0) is 59.2 Å². The van der Waals surface area contributed by atoms with Crippen LogP contribution in [-0.2, 0) is 18.4 Å². The van der Waals surface area contributed by atoms with E-state index in [1.54, 1.807) is 18.8 Å². The van der Waals surface area contributed by atoms with Gasteiger partial charge in [-0.2, -0.15) is 4.80 Å². The standard InChI is InChI=1S/C27H22ClN5O2S/c1-32-30-27(29-31-32)18-13-21(16-5-3-2-4-6-16)24-22(14-18)33-12-11-17(15-23(34)35)25(33)26(24)36-20-9-7-19(28)8-10-20/h2-10,13-14,17H,11-12,15H2,1H3,(H,34,35). The fourth-order valence-electron chi connectivity index (χ4n) is 5.03. The average molecular weight is 516 g/mol. The van der Waals surface area contributed by atoms with Gasteiger partial charge in [0.15, 0.2) is 0 Å². The van der Waals surface area contributed by atoms with Crippen LogP contribution in [0.15, 0.2) is 76.5 Å². The molecular formula is C27H22ClN5O2S. The van der Waals surface area contributed by atoms with Crippen LogP contribution in [0.5, 0.6) is 0 Å². The van der Waals surface area contributed by atoms with E-state index in [1.807, 2.05) is 42.5 Å². The molecule has 0 spiro atoms. The van der Waals surface area contributed by atoms with Crippen LogP contribution >= 0.6 is 23.4 Å². The zero-order valence-corrected chi connectivity index (χ0v) is 21.0. The monoisotopic (exact) mass is 515 g/mol. The lowest BCUT2D eigenvalue weighted by molar-refractivity contribution is -0.137. The summed E-state index contributed by atoms with van der Waals surface area (Å²) in [6.45, 7) is 0.760. The molecule has 0 saturated carbocycles. The van der Waals surface area contributed by atoms with Crippen LogP contribution in [0.1, 0.15) is 24.5 Å². The molecule has 5 aromatic rings. The Morgan fingerprint density at radius 2 is 1.89 bits per heavy atom. The fourth-order valence-corrected chi connectivity index (χ4v) is 6.37. The predicted octanol–water partition coefficient (Wildman–Crippen LogP) is 6.27. The summed E-state index contributed by atoms with van der Waals surface area (Å²) in [6, 6.07) is 22.2. The smallest absolute Gasteiger partial charge is 0.304 e. The van der Waals surface area contributed by atoms with Crippen LogP contribution in [0.2, 0.25) is 5.02 Å². The summed E-state index contributed by atoms with van der Waals surface area (Å²) in [4.78, 5) is 15.4. The van der Waals surface area contributed by atoms with E-state index < -0.39 is 5.97 Å². The lowest BCUT2D eigenvalue weighted by atomic mass is 9.96. The second kappa shape index (κ2) is 9.11. The Morgan fingerprint density at radius 1 is 1.11 bits per heavy atom. The van der Waals surface area contributed by atoms with E-state index >= 15 is 0 Å². The Morgan fingerprint density at radius 3 is 2.58 bits per heavy atom. The van der Waals surface area contributed by atoms with Gasteiger partial charge in [-0.1, -0.05) is 53.7 Å². The third kappa shape index (κ3) is 4.06. The van der Waals surface area contributed by atoms with Crippen molar-refractivity contribution in [2.75, 3.05) is 0 Å². The third-order valence-corrected chi connectivity index (χ3v) is 7.93. The van der Waals surface area contributed by atoms with E-state index in [0.29, 0.717) is 10.8 Å². The molecule has 0 amide bonds. The molecule has 0 saturated heterocycles. The summed E-state index contributed by atoms with van der Waals surface area (Å²) in [5.41, 5.74) is 5.14. The maximum absolute atomic E-state index is 11.8. The summed E-state index contributed by atoms with van der Waals surface area (Å²) in [5, 5.41) is 24.2. The number of hydrogen-bond donors (Lipinski definition) is 1. The number of nitrogens with zero attached hydrogens (tertiary/aromatic N) is 5. The molecule has 0 radical (unpaired) electrons. The largest absolute Gasteiger partial charge is 0.481 e. The average Bonchev–Trinajstić information content (AvgIpc) is 3.57. The minimum absolute atomic E-state index is 0.0635. The van der Waals surface area contributed by atoms with Crippen molar-refractivity contribution in [2.45, 2.75) is 35.1 Å². The van der Waals surface area contributed by atoms with Gasteiger partial charge in [-0.3, -0.25) is 4.79 Å². The highest BCUT2D eigenvalue weighted by Crippen LogP contribution is 2.50. The minimum atomic E-state index is -0.783. The Labute approximate surface area is 216 Å². The van der Waals surface area contributed by atoms with Crippen LogP contribution in [-0.4, -0.2) is 35.9 Å². The van der Waals surface area contributed by atoms with Crippen molar-refractivity contribution in [3.63, 3.8) is 0 Å². The van der Waals surface area contributed by atoms with Crippen molar-refractivity contribution < 1.29 is 9.90 Å². The van der Waals surface area contributed by atoms with Crippen LogP contribution < -0.4 is 0 Å². The van der Waals surface area contributed by atoms with Crippen molar-refractivity contribution in [3.8, 4) is 22.5 Å². The Bertz CT molecular complexity index is 1590. The highest BCUT2D eigenvalue weighted by Gasteiger charge is 2.33. The van der Waals surface area contributed by atoms with Crippen LogP contribution in [0, 0.1) is 0 Å². The lowest BCUT2D eigenvalue weighted by Crippen LogP contribution is -2.04. The van der Waals surface area contributed by atoms with Crippen molar-refractivity contribution in [1.29, 1.82) is 0 Å². The van der Waals surface area contributed by atoms with Gasteiger partial charge in [-0.25, -0.2) is 0 Å². The molecule has 1 aliphatic rings. The first kappa shape index (κ1) is 22.8. The van der Waals surface area contributed by atoms with E-state index in [2.05, 4.69) is 44.2 Å². The first-order chi connectivity index (χ1) is 17.5. The Balaban J connectivity index is 1.65. The molecule has 180 valence electrons. The van der Waals surface area contributed by atoms with Gasteiger partial charge >= 0.3 is 5.97 Å². The highest BCUT2D eigenvalue weighted by molar-refractivity contribution is 7.99. The summed E-state index contributed by atoms with van der Waals surface area (Å²) < 4.78 is 2.29. The number of benzene rings is 3. The quantitative estimate of drug-likeness (QED) is 0.287.